The molecule has 0 spiro atoms. The van der Waals surface area contributed by atoms with Crippen LogP contribution in [0.15, 0.2) is 12.2 Å². The summed E-state index contributed by atoms with van der Waals surface area (Å²) in [5.74, 6) is 1.93. The molecule has 2 heterocycles. The quantitative estimate of drug-likeness (QED) is 0.725. The predicted octanol–water partition coefficient (Wildman–Crippen LogP) is 4.07. The molecule has 4 aliphatic rings. The van der Waals surface area contributed by atoms with E-state index < -0.39 is 0 Å². The lowest BCUT2D eigenvalue weighted by molar-refractivity contribution is -0.00784. The van der Waals surface area contributed by atoms with Crippen molar-refractivity contribution in [1.29, 1.82) is 0 Å². The third kappa shape index (κ3) is 3.14. The molecule has 0 amide bonds. The lowest BCUT2D eigenvalue weighted by Crippen LogP contribution is -2.60. The van der Waals surface area contributed by atoms with Crippen LogP contribution < -0.4 is 0 Å². The zero-order valence-corrected chi connectivity index (χ0v) is 14.3. The van der Waals surface area contributed by atoms with Crippen LogP contribution in [0.1, 0.15) is 64.2 Å². The molecule has 0 aromatic rings. The first-order valence-electron chi connectivity index (χ1n) is 10.0. The third-order valence-corrected chi connectivity index (χ3v) is 6.91. The van der Waals surface area contributed by atoms with Crippen LogP contribution in [0.5, 0.6) is 0 Å². The van der Waals surface area contributed by atoms with Crippen LogP contribution in [-0.4, -0.2) is 48.1 Å². The van der Waals surface area contributed by atoms with E-state index in [1.807, 2.05) is 0 Å². The molecule has 4 rings (SSSR count). The van der Waals surface area contributed by atoms with E-state index in [0.717, 1.165) is 23.9 Å². The van der Waals surface area contributed by atoms with E-state index in [-0.39, 0.29) is 0 Å². The number of allylic oxidation sites excluding steroid dienone is 2. The van der Waals surface area contributed by atoms with Gasteiger partial charge >= 0.3 is 0 Å². The number of piperazine rings is 1. The Morgan fingerprint density at radius 3 is 2.55 bits per heavy atom. The number of hydrogen-bond donors (Lipinski definition) is 0. The maximum atomic E-state index is 2.96. The Hall–Kier alpha value is -0.340. The summed E-state index contributed by atoms with van der Waals surface area (Å²) in [7, 11) is 0. The Morgan fingerprint density at radius 2 is 1.73 bits per heavy atom. The van der Waals surface area contributed by atoms with Crippen LogP contribution in [0.3, 0.4) is 0 Å². The maximum Gasteiger partial charge on any atom is 0.0280 e. The van der Waals surface area contributed by atoms with Crippen molar-refractivity contribution in [2.45, 2.75) is 76.3 Å². The Labute approximate surface area is 136 Å². The topological polar surface area (TPSA) is 6.48 Å². The van der Waals surface area contributed by atoms with E-state index in [1.54, 1.807) is 0 Å². The molecule has 0 aromatic heterocycles. The van der Waals surface area contributed by atoms with Crippen molar-refractivity contribution in [2.24, 2.45) is 11.8 Å². The Kier molecular flexibility index (Phi) is 4.87. The number of fused-ring (bicyclic) bond motifs is 1. The molecule has 0 aromatic carbocycles. The summed E-state index contributed by atoms with van der Waals surface area (Å²) in [5.41, 5.74) is 0. The zero-order valence-electron chi connectivity index (χ0n) is 14.3. The smallest absolute Gasteiger partial charge is 0.0280 e. The summed E-state index contributed by atoms with van der Waals surface area (Å²) in [6, 6.07) is 1.79. The molecule has 124 valence electrons. The third-order valence-electron chi connectivity index (χ3n) is 6.91. The van der Waals surface area contributed by atoms with Crippen molar-refractivity contribution >= 4 is 0 Å². The lowest BCUT2D eigenvalue weighted by atomic mass is 9.78. The Balaban J connectivity index is 1.48. The molecule has 0 unspecified atom stereocenters. The molecule has 3 atom stereocenters. The summed E-state index contributed by atoms with van der Waals surface area (Å²) in [6.07, 6.45) is 19.3. The standard InChI is InChI=1S/C20H34N2/c1-3-8-17(9-4-1)16-22-15-14-21-13-7-12-19(21)20(22)18-10-5-2-6-11-18/h1,3,17-20H,2,4-16H2/t17-,19-,20+/m1/s1. The molecule has 1 saturated carbocycles. The van der Waals surface area contributed by atoms with Crippen molar-refractivity contribution in [1.82, 2.24) is 9.80 Å². The highest BCUT2D eigenvalue weighted by Crippen LogP contribution is 2.38. The second-order valence-electron chi connectivity index (χ2n) is 8.28. The lowest BCUT2D eigenvalue weighted by Gasteiger charge is -2.50. The van der Waals surface area contributed by atoms with Crippen molar-refractivity contribution < 1.29 is 0 Å². The van der Waals surface area contributed by atoms with Crippen LogP contribution >= 0.6 is 0 Å². The number of hydrogen-bond acceptors (Lipinski definition) is 2. The number of rotatable bonds is 3. The largest absolute Gasteiger partial charge is 0.298 e. The van der Waals surface area contributed by atoms with Gasteiger partial charge in [0, 0.05) is 31.7 Å². The van der Waals surface area contributed by atoms with Gasteiger partial charge in [0.1, 0.15) is 0 Å². The van der Waals surface area contributed by atoms with E-state index in [2.05, 4.69) is 22.0 Å². The van der Waals surface area contributed by atoms with Crippen LogP contribution in [0.25, 0.3) is 0 Å². The predicted molar refractivity (Wildman–Crippen MR) is 93.0 cm³/mol. The number of nitrogens with zero attached hydrogens (tertiary/aromatic N) is 2. The van der Waals surface area contributed by atoms with Gasteiger partial charge in [0.2, 0.25) is 0 Å². The van der Waals surface area contributed by atoms with Gasteiger partial charge in [0.05, 0.1) is 0 Å². The van der Waals surface area contributed by atoms with Crippen LogP contribution in [0.2, 0.25) is 0 Å². The van der Waals surface area contributed by atoms with Gasteiger partial charge in [-0.3, -0.25) is 9.80 Å². The zero-order chi connectivity index (χ0) is 14.8. The summed E-state index contributed by atoms with van der Waals surface area (Å²) in [6.45, 7) is 5.46. The Bertz CT molecular complexity index is 385. The van der Waals surface area contributed by atoms with E-state index in [9.17, 15) is 0 Å². The van der Waals surface area contributed by atoms with Gasteiger partial charge in [-0.2, -0.15) is 0 Å². The molecule has 2 saturated heterocycles. The van der Waals surface area contributed by atoms with Gasteiger partial charge in [-0.15, -0.1) is 0 Å². The second kappa shape index (κ2) is 7.05. The maximum absolute atomic E-state index is 2.96. The van der Waals surface area contributed by atoms with E-state index >= 15 is 0 Å². The van der Waals surface area contributed by atoms with Crippen molar-refractivity contribution in [3.05, 3.63) is 12.2 Å². The first kappa shape index (κ1) is 15.2. The van der Waals surface area contributed by atoms with Crippen LogP contribution in [0, 0.1) is 11.8 Å². The summed E-state index contributed by atoms with van der Waals surface area (Å²) in [5, 5.41) is 0. The van der Waals surface area contributed by atoms with E-state index in [0.29, 0.717) is 0 Å². The molecular weight excluding hydrogens is 268 g/mol. The molecule has 2 aliphatic heterocycles. The minimum absolute atomic E-state index is 0.891. The van der Waals surface area contributed by atoms with Crippen molar-refractivity contribution in [2.75, 3.05) is 26.2 Å². The van der Waals surface area contributed by atoms with Crippen LogP contribution in [-0.2, 0) is 0 Å². The fourth-order valence-electron chi connectivity index (χ4n) is 5.82. The average molecular weight is 303 g/mol. The highest BCUT2D eigenvalue weighted by atomic mass is 15.3. The fraction of sp³-hybridized carbons (Fsp3) is 0.900. The van der Waals surface area contributed by atoms with Gasteiger partial charge < -0.3 is 0 Å². The van der Waals surface area contributed by atoms with Gasteiger partial charge in [-0.1, -0.05) is 31.4 Å². The summed E-state index contributed by atoms with van der Waals surface area (Å²) < 4.78 is 0. The minimum atomic E-state index is 0.891. The van der Waals surface area contributed by atoms with E-state index in [4.69, 9.17) is 0 Å². The normalized spacial score (nSPS) is 38.3. The van der Waals surface area contributed by atoms with Crippen LogP contribution in [0.4, 0.5) is 0 Å². The van der Waals surface area contributed by atoms with Gasteiger partial charge in [0.25, 0.3) is 0 Å². The molecule has 2 heteroatoms. The highest BCUT2D eigenvalue weighted by molar-refractivity contribution is 5.00. The first-order valence-corrected chi connectivity index (χ1v) is 10.0. The summed E-state index contributed by atoms with van der Waals surface area (Å²) in [4.78, 5) is 5.81. The molecule has 0 radical (unpaired) electrons. The highest BCUT2D eigenvalue weighted by Gasteiger charge is 2.43. The minimum Gasteiger partial charge on any atom is -0.298 e. The molecule has 2 nitrogen and oxygen atoms in total. The van der Waals surface area contributed by atoms with E-state index in [1.165, 1.54) is 90.4 Å². The second-order valence-corrected chi connectivity index (χ2v) is 8.28. The van der Waals surface area contributed by atoms with Crippen molar-refractivity contribution in [3.63, 3.8) is 0 Å². The molecular formula is C20H34N2. The molecule has 3 fully saturated rings. The molecule has 0 bridgehead atoms. The molecule has 22 heavy (non-hydrogen) atoms. The average Bonchev–Trinajstić information content (AvgIpc) is 3.05. The molecule has 2 aliphatic carbocycles. The van der Waals surface area contributed by atoms with Gasteiger partial charge in [0.15, 0.2) is 0 Å². The first-order chi connectivity index (χ1) is 10.9. The van der Waals surface area contributed by atoms with Gasteiger partial charge in [-0.25, -0.2) is 0 Å². The monoisotopic (exact) mass is 302 g/mol. The van der Waals surface area contributed by atoms with Crippen molar-refractivity contribution in [3.8, 4) is 0 Å². The SMILES string of the molecule is C1=CC[C@@H](CN2CCN3CCC[C@@H]3[C@@H]2C2CCCCC2)CC1. The fourth-order valence-corrected chi connectivity index (χ4v) is 5.82. The molecule has 0 N–H and O–H groups in total. The summed E-state index contributed by atoms with van der Waals surface area (Å²) >= 11 is 0. The Morgan fingerprint density at radius 1 is 0.818 bits per heavy atom. The van der Waals surface area contributed by atoms with Gasteiger partial charge in [-0.05, 0) is 63.3 Å².